The van der Waals surface area contributed by atoms with Crippen molar-refractivity contribution < 1.29 is 18.7 Å². The average Bonchev–Trinajstić information content (AvgIpc) is 2.61. The highest BCUT2D eigenvalue weighted by molar-refractivity contribution is 5.94. The van der Waals surface area contributed by atoms with Gasteiger partial charge < -0.3 is 9.47 Å². The fraction of sp³-hybridized carbons (Fsp3) is 0.267. The Labute approximate surface area is 141 Å². The molecule has 0 aliphatic carbocycles. The lowest BCUT2D eigenvalue weighted by Gasteiger charge is -2.18. The maximum absolute atomic E-state index is 13.1. The number of carbonyl (C=O) groups excluding carboxylic acids is 1. The molecule has 0 saturated carbocycles. The van der Waals surface area contributed by atoms with Crippen molar-refractivity contribution >= 4 is 5.91 Å². The van der Waals surface area contributed by atoms with Crippen molar-refractivity contribution in [1.29, 1.82) is 0 Å². The first-order chi connectivity index (χ1) is 12.0. The van der Waals surface area contributed by atoms with Crippen molar-refractivity contribution in [2.45, 2.75) is 12.8 Å². The summed E-state index contributed by atoms with van der Waals surface area (Å²) in [5.41, 5.74) is 7.70. The fourth-order valence-electron chi connectivity index (χ4n) is 2.13. The number of hydrogen-bond acceptors (Lipinski definition) is 5. The van der Waals surface area contributed by atoms with E-state index in [1.54, 1.807) is 0 Å². The lowest BCUT2D eigenvalue weighted by atomic mass is 10.2. The molecule has 0 saturated heterocycles. The maximum atomic E-state index is 13.1. The molecule has 0 atom stereocenters. The number of carbonyl (C=O) groups is 1. The van der Waals surface area contributed by atoms with E-state index in [4.69, 9.17) is 15.0 Å². The number of ether oxygens (including phenoxy) is 2. The summed E-state index contributed by atoms with van der Waals surface area (Å²) in [6.45, 7) is -0.0804. The van der Waals surface area contributed by atoms with E-state index in [0.717, 1.165) is 10.8 Å². The molecule has 0 spiro atoms. The molecule has 2 aromatic rings. The third-order valence-corrected chi connectivity index (χ3v) is 3.37. The van der Waals surface area contributed by atoms with Gasteiger partial charge in [-0.3, -0.25) is 14.2 Å². The van der Waals surface area contributed by atoms with Crippen LogP contribution in [0.2, 0.25) is 0 Å². The quantitative estimate of drug-likeness (QED) is 0.343. The highest BCUT2D eigenvalue weighted by atomic mass is 19.1. The number of benzene rings is 1. The highest BCUT2D eigenvalue weighted by Crippen LogP contribution is 2.17. The summed E-state index contributed by atoms with van der Waals surface area (Å²) in [4.78, 5) is 30.9. The Bertz CT molecular complexity index is 870. The second-order valence-corrected chi connectivity index (χ2v) is 4.81. The van der Waals surface area contributed by atoms with E-state index in [-0.39, 0.29) is 12.4 Å². The molecule has 0 N–H and O–H groups in total. The zero-order valence-electron chi connectivity index (χ0n) is 13.4. The molecule has 1 aromatic heterocycles. The van der Waals surface area contributed by atoms with Crippen LogP contribution < -0.4 is 5.56 Å². The number of hydrogen-bond donors (Lipinski definition) is 0. The van der Waals surface area contributed by atoms with E-state index < -0.39 is 29.1 Å². The number of methoxy groups -OCH3 is 2. The number of rotatable bonds is 6. The first-order valence-electron chi connectivity index (χ1n) is 7.02. The van der Waals surface area contributed by atoms with Crippen molar-refractivity contribution in [1.82, 2.24) is 9.55 Å². The van der Waals surface area contributed by atoms with E-state index in [1.165, 1.54) is 38.5 Å². The Morgan fingerprint density at radius 3 is 2.56 bits per heavy atom. The molecule has 0 radical (unpaired) electrons. The smallest absolute Gasteiger partial charge is 0.265 e. The van der Waals surface area contributed by atoms with Gasteiger partial charge in [0.25, 0.3) is 11.5 Å². The molecule has 0 bridgehead atoms. The summed E-state index contributed by atoms with van der Waals surface area (Å²) in [5, 5.41) is 2.91. The first-order valence-corrected chi connectivity index (χ1v) is 7.02. The molecule has 1 aromatic carbocycles. The van der Waals surface area contributed by atoms with E-state index in [2.05, 4.69) is 15.0 Å². The predicted molar refractivity (Wildman–Crippen MR) is 85.2 cm³/mol. The van der Waals surface area contributed by atoms with Crippen LogP contribution in [0, 0.1) is 5.82 Å². The van der Waals surface area contributed by atoms with Gasteiger partial charge in [-0.2, -0.15) is 0 Å². The minimum absolute atomic E-state index is 0.0804. The number of halogens is 1. The molecular formula is C15H14FN5O4. The van der Waals surface area contributed by atoms with Gasteiger partial charge in [0.2, 0.25) is 0 Å². The highest BCUT2D eigenvalue weighted by Gasteiger charge is 2.19. The molecule has 0 aliphatic rings. The first kappa shape index (κ1) is 18.3. The average molecular weight is 347 g/mol. The maximum Gasteiger partial charge on any atom is 0.265 e. The molecule has 0 fully saturated rings. The number of amides is 1. The van der Waals surface area contributed by atoms with E-state index >= 15 is 0 Å². The summed E-state index contributed by atoms with van der Waals surface area (Å²) in [7, 11) is 2.78. The standard InChI is InChI=1S/C15H14FN5O4/c1-24-12(25-2)8-21-13(9-3-5-10(16)6-4-9)18-7-11(15(21)23)14(22)19-20-17/h3-7,12H,8H2,1-2H3. The predicted octanol–water partition coefficient (Wildman–Crippen LogP) is 2.12. The zero-order valence-corrected chi connectivity index (χ0v) is 13.4. The van der Waals surface area contributed by atoms with Crippen molar-refractivity contribution in [3.63, 3.8) is 0 Å². The summed E-state index contributed by atoms with van der Waals surface area (Å²) in [6, 6.07) is 5.32. The van der Waals surface area contributed by atoms with Gasteiger partial charge in [-0.25, -0.2) is 9.37 Å². The minimum Gasteiger partial charge on any atom is -0.354 e. The Morgan fingerprint density at radius 1 is 1.36 bits per heavy atom. The van der Waals surface area contributed by atoms with Gasteiger partial charge in [0.1, 0.15) is 17.2 Å². The zero-order chi connectivity index (χ0) is 18.4. The van der Waals surface area contributed by atoms with E-state index in [1.807, 2.05) is 0 Å². The molecule has 0 unspecified atom stereocenters. The number of azide groups is 1. The summed E-state index contributed by atoms with van der Waals surface area (Å²) in [5.74, 6) is -1.31. The van der Waals surface area contributed by atoms with E-state index in [0.29, 0.717) is 5.56 Å². The Morgan fingerprint density at radius 2 is 2.00 bits per heavy atom. The van der Waals surface area contributed by atoms with Gasteiger partial charge in [-0.05, 0) is 34.9 Å². The lowest BCUT2D eigenvalue weighted by molar-refractivity contribution is -0.111. The van der Waals surface area contributed by atoms with Crippen molar-refractivity contribution in [3.8, 4) is 11.4 Å². The lowest BCUT2D eigenvalue weighted by Crippen LogP contribution is -2.33. The van der Waals surface area contributed by atoms with Gasteiger partial charge in [0.05, 0.1) is 6.54 Å². The summed E-state index contributed by atoms with van der Waals surface area (Å²) in [6.07, 6.45) is 0.229. The Kier molecular flexibility index (Phi) is 5.96. The summed E-state index contributed by atoms with van der Waals surface area (Å²) < 4.78 is 24.4. The minimum atomic E-state index is -1.05. The summed E-state index contributed by atoms with van der Waals surface area (Å²) >= 11 is 0. The molecular weight excluding hydrogens is 333 g/mol. The van der Waals surface area contributed by atoms with Crippen molar-refractivity contribution in [2.75, 3.05) is 14.2 Å². The van der Waals surface area contributed by atoms with Gasteiger partial charge in [-0.1, -0.05) is 0 Å². The second kappa shape index (κ2) is 8.15. The second-order valence-electron chi connectivity index (χ2n) is 4.81. The van der Waals surface area contributed by atoms with Gasteiger partial charge in [0.15, 0.2) is 6.29 Å². The van der Waals surface area contributed by atoms with Crippen LogP contribution in [-0.2, 0) is 16.0 Å². The van der Waals surface area contributed by atoms with Crippen LogP contribution >= 0.6 is 0 Å². The van der Waals surface area contributed by atoms with Crippen LogP contribution in [0.15, 0.2) is 40.4 Å². The third-order valence-electron chi connectivity index (χ3n) is 3.37. The molecule has 130 valence electrons. The molecule has 10 heteroatoms. The van der Waals surface area contributed by atoms with Gasteiger partial charge >= 0.3 is 0 Å². The molecule has 1 heterocycles. The number of aromatic nitrogens is 2. The van der Waals surface area contributed by atoms with Gasteiger partial charge in [-0.15, -0.1) is 0 Å². The SMILES string of the molecule is COC(Cn1c(-c2ccc(F)cc2)ncc(C(=O)N=[N+]=[N-])c1=O)OC. The molecule has 1 amide bonds. The van der Waals surface area contributed by atoms with Crippen molar-refractivity contribution in [3.05, 3.63) is 62.6 Å². The normalized spacial score (nSPS) is 10.6. The van der Waals surface area contributed by atoms with Crippen LogP contribution in [0.1, 0.15) is 10.4 Å². The van der Waals surface area contributed by atoms with Crippen molar-refractivity contribution in [2.24, 2.45) is 5.11 Å². The van der Waals surface area contributed by atoms with Crippen LogP contribution in [0.5, 0.6) is 0 Å². The number of nitrogens with zero attached hydrogens (tertiary/aromatic N) is 5. The topological polar surface area (TPSA) is 119 Å². The largest absolute Gasteiger partial charge is 0.354 e. The Hall–Kier alpha value is -3.07. The van der Waals surface area contributed by atoms with Crippen LogP contribution in [0.25, 0.3) is 21.8 Å². The monoisotopic (exact) mass is 347 g/mol. The molecule has 2 rings (SSSR count). The Balaban J connectivity index is 2.64. The molecule has 0 aliphatic heterocycles. The van der Waals surface area contributed by atoms with Crippen LogP contribution in [-0.4, -0.2) is 36.0 Å². The van der Waals surface area contributed by atoms with Gasteiger partial charge in [0, 0.05) is 30.9 Å². The third kappa shape index (κ3) is 4.07. The fourth-order valence-corrected chi connectivity index (χ4v) is 2.13. The van der Waals surface area contributed by atoms with Crippen LogP contribution in [0.4, 0.5) is 4.39 Å². The molecule has 25 heavy (non-hydrogen) atoms. The molecule has 9 nitrogen and oxygen atoms in total. The van der Waals surface area contributed by atoms with E-state index in [9.17, 15) is 14.0 Å². The van der Waals surface area contributed by atoms with Crippen LogP contribution in [0.3, 0.4) is 0 Å².